The number of likely N-dealkylation sites (tertiary alicyclic amines) is 1. The van der Waals surface area contributed by atoms with Crippen LogP contribution in [0.1, 0.15) is 36.8 Å². The molecule has 1 fully saturated rings. The topological polar surface area (TPSA) is 15.3 Å². The first-order valence-corrected chi connectivity index (χ1v) is 7.81. The van der Waals surface area contributed by atoms with Gasteiger partial charge in [-0.2, -0.15) is 0 Å². The van der Waals surface area contributed by atoms with Crippen LogP contribution in [-0.4, -0.2) is 31.1 Å². The van der Waals surface area contributed by atoms with Crippen LogP contribution in [0.15, 0.2) is 18.2 Å². The van der Waals surface area contributed by atoms with Crippen LogP contribution in [0.5, 0.6) is 0 Å². The Labute approximate surface area is 122 Å². The summed E-state index contributed by atoms with van der Waals surface area (Å²) >= 11 is 6.12. The van der Waals surface area contributed by atoms with Crippen molar-refractivity contribution in [3.05, 3.63) is 34.3 Å². The van der Waals surface area contributed by atoms with E-state index >= 15 is 0 Å². The smallest absolute Gasteiger partial charge is 0.0438 e. The Balaban J connectivity index is 1.59. The van der Waals surface area contributed by atoms with Gasteiger partial charge in [0.2, 0.25) is 0 Å². The lowest BCUT2D eigenvalue weighted by Gasteiger charge is -2.26. The molecule has 106 valence electrons. The molecule has 0 atom stereocenters. The second-order valence-electron chi connectivity index (χ2n) is 5.52. The van der Waals surface area contributed by atoms with Crippen LogP contribution in [0.3, 0.4) is 0 Å². The number of rotatable bonds is 6. The normalized spacial score (nSPS) is 16.7. The second-order valence-corrected chi connectivity index (χ2v) is 5.92. The van der Waals surface area contributed by atoms with Crippen molar-refractivity contribution in [2.24, 2.45) is 0 Å². The van der Waals surface area contributed by atoms with Gasteiger partial charge >= 0.3 is 0 Å². The number of nitrogens with one attached hydrogen (secondary N) is 1. The van der Waals surface area contributed by atoms with Gasteiger partial charge in [0.05, 0.1) is 0 Å². The van der Waals surface area contributed by atoms with E-state index in [1.54, 1.807) is 0 Å². The predicted octanol–water partition coefficient (Wildman–Crippen LogP) is 3.61. The van der Waals surface area contributed by atoms with E-state index in [9.17, 15) is 0 Å². The largest absolute Gasteiger partial charge is 0.313 e. The molecule has 1 heterocycles. The standard InChI is InChI=1S/C16H25ClN2/c1-14-6-7-15(12-16(14)17)13-18-8-5-11-19-9-3-2-4-10-19/h6-7,12,18H,2-5,8-11,13H2,1H3. The summed E-state index contributed by atoms with van der Waals surface area (Å²) in [5, 5.41) is 4.37. The highest BCUT2D eigenvalue weighted by atomic mass is 35.5. The zero-order chi connectivity index (χ0) is 13.5. The quantitative estimate of drug-likeness (QED) is 0.801. The summed E-state index contributed by atoms with van der Waals surface area (Å²) < 4.78 is 0. The first-order valence-electron chi connectivity index (χ1n) is 7.44. The van der Waals surface area contributed by atoms with Crippen molar-refractivity contribution in [2.45, 2.75) is 39.2 Å². The first kappa shape index (κ1) is 14.8. The number of halogens is 1. The van der Waals surface area contributed by atoms with Gasteiger partial charge in [-0.1, -0.05) is 30.2 Å². The summed E-state index contributed by atoms with van der Waals surface area (Å²) in [6, 6.07) is 6.31. The number of hydrogen-bond acceptors (Lipinski definition) is 2. The summed E-state index contributed by atoms with van der Waals surface area (Å²) in [6.45, 7) is 7.88. The average molecular weight is 281 g/mol. The molecule has 0 saturated carbocycles. The molecule has 1 aromatic carbocycles. The van der Waals surface area contributed by atoms with Gasteiger partial charge < -0.3 is 10.2 Å². The molecule has 0 aromatic heterocycles. The summed E-state index contributed by atoms with van der Waals surface area (Å²) in [4.78, 5) is 2.59. The van der Waals surface area contributed by atoms with Crippen LogP contribution in [0.4, 0.5) is 0 Å². The predicted molar refractivity (Wildman–Crippen MR) is 82.8 cm³/mol. The van der Waals surface area contributed by atoms with E-state index in [-0.39, 0.29) is 0 Å². The average Bonchev–Trinajstić information content (AvgIpc) is 2.43. The monoisotopic (exact) mass is 280 g/mol. The van der Waals surface area contributed by atoms with E-state index in [4.69, 9.17) is 11.6 Å². The molecule has 2 nitrogen and oxygen atoms in total. The van der Waals surface area contributed by atoms with Gasteiger partial charge in [-0.15, -0.1) is 0 Å². The molecule has 0 radical (unpaired) electrons. The van der Waals surface area contributed by atoms with E-state index in [0.717, 1.165) is 23.7 Å². The number of hydrogen-bond donors (Lipinski definition) is 1. The summed E-state index contributed by atoms with van der Waals surface area (Å²) in [5.74, 6) is 0. The Morgan fingerprint density at radius 2 is 2.00 bits per heavy atom. The molecule has 0 amide bonds. The molecule has 19 heavy (non-hydrogen) atoms. The Hall–Kier alpha value is -0.570. The molecule has 1 aromatic rings. The molecule has 2 rings (SSSR count). The molecule has 0 spiro atoms. The molecular formula is C16H25ClN2. The van der Waals surface area contributed by atoms with Crippen LogP contribution in [0.25, 0.3) is 0 Å². The van der Waals surface area contributed by atoms with Crippen molar-refractivity contribution in [1.29, 1.82) is 0 Å². The molecule has 3 heteroatoms. The van der Waals surface area contributed by atoms with Crippen LogP contribution in [0, 0.1) is 6.92 Å². The maximum Gasteiger partial charge on any atom is 0.0438 e. The van der Waals surface area contributed by atoms with E-state index in [1.165, 1.54) is 50.9 Å². The molecule has 1 aliphatic rings. The summed E-state index contributed by atoms with van der Waals surface area (Å²) in [5.41, 5.74) is 2.42. The lowest BCUT2D eigenvalue weighted by molar-refractivity contribution is 0.225. The molecule has 0 aliphatic carbocycles. The van der Waals surface area contributed by atoms with Gasteiger partial charge in [0.15, 0.2) is 0 Å². The Bertz CT molecular complexity index is 386. The molecule has 0 bridgehead atoms. The van der Waals surface area contributed by atoms with E-state index in [2.05, 4.69) is 28.4 Å². The number of benzene rings is 1. The van der Waals surface area contributed by atoms with E-state index in [0.29, 0.717) is 0 Å². The van der Waals surface area contributed by atoms with Crippen LogP contribution in [-0.2, 0) is 6.54 Å². The molecule has 1 aliphatic heterocycles. The van der Waals surface area contributed by atoms with Gasteiger partial charge in [-0.25, -0.2) is 0 Å². The number of aryl methyl sites for hydroxylation is 1. The van der Waals surface area contributed by atoms with Gasteiger partial charge in [0.1, 0.15) is 0 Å². The second kappa shape index (κ2) is 7.88. The Morgan fingerprint density at radius 3 is 2.74 bits per heavy atom. The van der Waals surface area contributed by atoms with Crippen LogP contribution < -0.4 is 5.32 Å². The SMILES string of the molecule is Cc1ccc(CNCCCN2CCCCC2)cc1Cl. The third-order valence-electron chi connectivity index (χ3n) is 3.84. The van der Waals surface area contributed by atoms with Crippen molar-refractivity contribution in [3.8, 4) is 0 Å². The maximum atomic E-state index is 6.12. The summed E-state index contributed by atoms with van der Waals surface area (Å²) in [7, 11) is 0. The van der Waals surface area contributed by atoms with Crippen LogP contribution >= 0.6 is 11.6 Å². The number of piperidine rings is 1. The Kier molecular flexibility index (Phi) is 6.15. The molecule has 1 saturated heterocycles. The Morgan fingerprint density at radius 1 is 1.21 bits per heavy atom. The van der Waals surface area contributed by atoms with Gasteiger partial charge in [-0.05, 0) is 69.6 Å². The zero-order valence-electron chi connectivity index (χ0n) is 11.9. The maximum absolute atomic E-state index is 6.12. The van der Waals surface area contributed by atoms with E-state index < -0.39 is 0 Å². The minimum Gasteiger partial charge on any atom is -0.313 e. The fraction of sp³-hybridized carbons (Fsp3) is 0.625. The lowest BCUT2D eigenvalue weighted by Crippen LogP contribution is -2.32. The van der Waals surface area contributed by atoms with Crippen molar-refractivity contribution in [3.63, 3.8) is 0 Å². The minimum atomic E-state index is 0.868. The van der Waals surface area contributed by atoms with Gasteiger partial charge in [0, 0.05) is 11.6 Å². The highest BCUT2D eigenvalue weighted by Gasteiger charge is 2.08. The summed E-state index contributed by atoms with van der Waals surface area (Å²) in [6.07, 6.45) is 5.42. The zero-order valence-corrected chi connectivity index (χ0v) is 12.7. The van der Waals surface area contributed by atoms with Crippen molar-refractivity contribution >= 4 is 11.6 Å². The highest BCUT2D eigenvalue weighted by Crippen LogP contribution is 2.16. The van der Waals surface area contributed by atoms with Crippen molar-refractivity contribution in [1.82, 2.24) is 10.2 Å². The third kappa shape index (κ3) is 5.13. The van der Waals surface area contributed by atoms with Crippen molar-refractivity contribution < 1.29 is 0 Å². The van der Waals surface area contributed by atoms with Crippen molar-refractivity contribution in [2.75, 3.05) is 26.2 Å². The molecular weight excluding hydrogens is 256 g/mol. The molecule has 1 N–H and O–H groups in total. The lowest BCUT2D eigenvalue weighted by atomic mass is 10.1. The van der Waals surface area contributed by atoms with Gasteiger partial charge in [0.25, 0.3) is 0 Å². The molecule has 0 unspecified atom stereocenters. The number of nitrogens with zero attached hydrogens (tertiary/aromatic N) is 1. The highest BCUT2D eigenvalue weighted by molar-refractivity contribution is 6.31. The fourth-order valence-electron chi connectivity index (χ4n) is 2.59. The van der Waals surface area contributed by atoms with Gasteiger partial charge in [-0.3, -0.25) is 0 Å². The minimum absolute atomic E-state index is 0.868. The third-order valence-corrected chi connectivity index (χ3v) is 4.25. The van der Waals surface area contributed by atoms with Crippen LogP contribution in [0.2, 0.25) is 5.02 Å². The van der Waals surface area contributed by atoms with E-state index in [1.807, 2.05) is 6.92 Å². The first-order chi connectivity index (χ1) is 9.25. The fourth-order valence-corrected chi connectivity index (χ4v) is 2.79.